The van der Waals surface area contributed by atoms with Crippen molar-refractivity contribution >= 4 is 23.4 Å². The summed E-state index contributed by atoms with van der Waals surface area (Å²) in [5.74, 6) is 8.47. The molecule has 21 heavy (non-hydrogen) atoms. The van der Waals surface area contributed by atoms with Crippen molar-refractivity contribution in [2.24, 2.45) is 5.92 Å². The van der Waals surface area contributed by atoms with E-state index in [1.807, 2.05) is 36.9 Å². The number of benzene rings is 1. The van der Waals surface area contributed by atoms with Gasteiger partial charge in [0, 0.05) is 17.7 Å². The van der Waals surface area contributed by atoms with E-state index in [0.29, 0.717) is 12.3 Å². The Hall–Kier alpha value is -1.44. The van der Waals surface area contributed by atoms with Crippen molar-refractivity contribution in [3.63, 3.8) is 0 Å². The zero-order chi connectivity index (χ0) is 15.1. The van der Waals surface area contributed by atoms with Gasteiger partial charge in [0.05, 0.1) is 0 Å². The summed E-state index contributed by atoms with van der Waals surface area (Å²) < 4.78 is 0. The van der Waals surface area contributed by atoms with Gasteiger partial charge < -0.3 is 10.4 Å². The van der Waals surface area contributed by atoms with Crippen LogP contribution < -0.4 is 5.32 Å². The summed E-state index contributed by atoms with van der Waals surface area (Å²) in [7, 11) is 0. The highest BCUT2D eigenvalue weighted by atomic mass is 32.2. The SMILES string of the molecule is Cc1cc(C#CCO)ccc1NC(=O)CC1CCSCC1. The van der Waals surface area contributed by atoms with Gasteiger partial charge in [-0.1, -0.05) is 11.8 Å². The van der Waals surface area contributed by atoms with Gasteiger partial charge in [0.25, 0.3) is 0 Å². The van der Waals surface area contributed by atoms with Crippen LogP contribution in [-0.4, -0.2) is 29.1 Å². The van der Waals surface area contributed by atoms with Crippen LogP contribution in [0.5, 0.6) is 0 Å². The van der Waals surface area contributed by atoms with Crippen LogP contribution in [-0.2, 0) is 4.79 Å². The molecule has 4 heteroatoms. The van der Waals surface area contributed by atoms with Crippen LogP contribution in [0.3, 0.4) is 0 Å². The van der Waals surface area contributed by atoms with Gasteiger partial charge in [0.2, 0.25) is 5.91 Å². The van der Waals surface area contributed by atoms with E-state index in [1.54, 1.807) is 0 Å². The number of carbonyl (C=O) groups excluding carboxylic acids is 1. The van der Waals surface area contributed by atoms with E-state index in [4.69, 9.17) is 5.11 Å². The van der Waals surface area contributed by atoms with Crippen molar-refractivity contribution in [1.29, 1.82) is 0 Å². The van der Waals surface area contributed by atoms with Gasteiger partial charge in [-0.25, -0.2) is 0 Å². The van der Waals surface area contributed by atoms with Gasteiger partial charge in [0.1, 0.15) is 6.61 Å². The first-order valence-electron chi connectivity index (χ1n) is 7.27. The Labute approximate surface area is 130 Å². The molecule has 3 nitrogen and oxygen atoms in total. The summed E-state index contributed by atoms with van der Waals surface area (Å²) in [5, 5.41) is 11.7. The second-order valence-corrected chi connectivity index (χ2v) is 6.52. The molecule has 0 saturated carbocycles. The minimum absolute atomic E-state index is 0.101. The largest absolute Gasteiger partial charge is 0.384 e. The van der Waals surface area contributed by atoms with E-state index in [0.717, 1.165) is 29.7 Å². The fourth-order valence-electron chi connectivity index (χ4n) is 2.44. The lowest BCUT2D eigenvalue weighted by atomic mass is 9.98. The zero-order valence-corrected chi connectivity index (χ0v) is 13.1. The van der Waals surface area contributed by atoms with E-state index in [1.165, 1.54) is 11.5 Å². The van der Waals surface area contributed by atoms with Crippen LogP contribution in [0.2, 0.25) is 0 Å². The van der Waals surface area contributed by atoms with E-state index in [2.05, 4.69) is 17.2 Å². The molecule has 1 saturated heterocycles. The molecule has 0 radical (unpaired) electrons. The van der Waals surface area contributed by atoms with Crippen LogP contribution in [0.4, 0.5) is 5.69 Å². The van der Waals surface area contributed by atoms with Crippen molar-refractivity contribution < 1.29 is 9.90 Å². The Balaban J connectivity index is 1.94. The number of aliphatic hydroxyl groups excluding tert-OH is 1. The van der Waals surface area contributed by atoms with Gasteiger partial charge in [0.15, 0.2) is 0 Å². The molecule has 2 rings (SSSR count). The normalized spacial score (nSPS) is 15.1. The number of amides is 1. The van der Waals surface area contributed by atoms with Crippen LogP contribution in [0, 0.1) is 24.7 Å². The van der Waals surface area contributed by atoms with Gasteiger partial charge in [-0.15, -0.1) is 0 Å². The number of hydrogen-bond donors (Lipinski definition) is 2. The molecule has 0 atom stereocenters. The fourth-order valence-corrected chi connectivity index (χ4v) is 3.64. The fraction of sp³-hybridized carbons (Fsp3) is 0.471. The molecular formula is C17H21NO2S. The lowest BCUT2D eigenvalue weighted by Crippen LogP contribution is -2.20. The monoisotopic (exact) mass is 303 g/mol. The number of hydrogen-bond acceptors (Lipinski definition) is 3. The zero-order valence-electron chi connectivity index (χ0n) is 12.3. The van der Waals surface area contributed by atoms with Crippen LogP contribution in [0.1, 0.15) is 30.4 Å². The van der Waals surface area contributed by atoms with E-state index >= 15 is 0 Å². The summed E-state index contributed by atoms with van der Waals surface area (Å²) in [4.78, 5) is 12.1. The van der Waals surface area contributed by atoms with Crippen LogP contribution in [0.15, 0.2) is 18.2 Å². The molecule has 1 aromatic rings. The van der Waals surface area contributed by atoms with Crippen LogP contribution in [0.25, 0.3) is 0 Å². The predicted molar refractivity (Wildman–Crippen MR) is 88.4 cm³/mol. The number of aliphatic hydroxyl groups is 1. The topological polar surface area (TPSA) is 49.3 Å². The van der Waals surface area contributed by atoms with Crippen LogP contribution >= 0.6 is 11.8 Å². The minimum Gasteiger partial charge on any atom is -0.384 e. The average molecular weight is 303 g/mol. The second-order valence-electron chi connectivity index (χ2n) is 5.30. The van der Waals surface area contributed by atoms with Gasteiger partial charge in [-0.05, 0) is 61.0 Å². The highest BCUT2D eigenvalue weighted by molar-refractivity contribution is 7.99. The molecule has 1 amide bonds. The first-order valence-corrected chi connectivity index (χ1v) is 8.42. The van der Waals surface area contributed by atoms with Crippen molar-refractivity contribution in [2.75, 3.05) is 23.4 Å². The Bertz CT molecular complexity index is 554. The predicted octanol–water partition coefficient (Wildman–Crippen LogP) is 2.81. The van der Waals surface area contributed by atoms with Crippen molar-refractivity contribution in [3.8, 4) is 11.8 Å². The maximum atomic E-state index is 12.1. The Morgan fingerprint density at radius 1 is 1.43 bits per heavy atom. The van der Waals surface area contributed by atoms with E-state index in [9.17, 15) is 4.79 Å². The molecule has 1 heterocycles. The molecule has 0 aliphatic carbocycles. The van der Waals surface area contributed by atoms with Crippen molar-refractivity contribution in [2.45, 2.75) is 26.2 Å². The number of carbonyl (C=O) groups is 1. The molecule has 0 bridgehead atoms. The summed E-state index contributed by atoms with van der Waals surface area (Å²) in [6.07, 6.45) is 2.91. The molecule has 2 N–H and O–H groups in total. The smallest absolute Gasteiger partial charge is 0.224 e. The first-order chi connectivity index (χ1) is 10.2. The second kappa shape index (κ2) is 8.11. The summed E-state index contributed by atoms with van der Waals surface area (Å²) in [6.45, 7) is 1.81. The summed E-state index contributed by atoms with van der Waals surface area (Å²) >= 11 is 1.98. The third-order valence-electron chi connectivity index (χ3n) is 3.63. The molecule has 1 aliphatic heterocycles. The highest BCUT2D eigenvalue weighted by Gasteiger charge is 2.17. The third kappa shape index (κ3) is 5.11. The molecule has 0 spiro atoms. The number of aryl methyl sites for hydroxylation is 1. The van der Waals surface area contributed by atoms with Gasteiger partial charge in [-0.2, -0.15) is 11.8 Å². The molecule has 1 fully saturated rings. The number of anilines is 1. The standard InChI is InChI=1S/C17H21NO2S/c1-13-11-14(3-2-8-19)4-5-16(13)18-17(20)12-15-6-9-21-10-7-15/h4-5,11,15,19H,6-10,12H2,1H3,(H,18,20). The number of nitrogens with one attached hydrogen (secondary N) is 1. The van der Waals surface area contributed by atoms with E-state index in [-0.39, 0.29) is 12.5 Å². The molecule has 112 valence electrons. The minimum atomic E-state index is -0.142. The van der Waals surface area contributed by atoms with Crippen molar-refractivity contribution in [3.05, 3.63) is 29.3 Å². The third-order valence-corrected chi connectivity index (χ3v) is 4.68. The Kier molecular flexibility index (Phi) is 6.16. The average Bonchev–Trinajstić information content (AvgIpc) is 2.48. The maximum Gasteiger partial charge on any atom is 0.224 e. The molecule has 1 aliphatic rings. The Morgan fingerprint density at radius 3 is 2.86 bits per heavy atom. The molecule has 0 unspecified atom stereocenters. The Morgan fingerprint density at radius 2 is 2.19 bits per heavy atom. The lowest BCUT2D eigenvalue weighted by molar-refractivity contribution is -0.117. The molecule has 1 aromatic carbocycles. The highest BCUT2D eigenvalue weighted by Crippen LogP contribution is 2.26. The number of thioether (sulfide) groups is 1. The molecular weight excluding hydrogens is 282 g/mol. The molecule has 0 aromatic heterocycles. The lowest BCUT2D eigenvalue weighted by Gasteiger charge is -2.20. The van der Waals surface area contributed by atoms with Gasteiger partial charge >= 0.3 is 0 Å². The van der Waals surface area contributed by atoms with E-state index < -0.39 is 0 Å². The van der Waals surface area contributed by atoms with Gasteiger partial charge in [-0.3, -0.25) is 4.79 Å². The summed E-state index contributed by atoms with van der Waals surface area (Å²) in [5.41, 5.74) is 2.69. The first kappa shape index (κ1) is 15.9. The van der Waals surface area contributed by atoms with Crippen molar-refractivity contribution in [1.82, 2.24) is 0 Å². The maximum absolute atomic E-state index is 12.1. The number of rotatable bonds is 3. The summed E-state index contributed by atoms with van der Waals surface area (Å²) in [6, 6.07) is 5.67. The quantitative estimate of drug-likeness (QED) is 0.844.